The summed E-state index contributed by atoms with van der Waals surface area (Å²) in [6.45, 7) is 0.613. The monoisotopic (exact) mass is 271 g/mol. The molecule has 2 saturated carbocycles. The van der Waals surface area contributed by atoms with Gasteiger partial charge in [-0.3, -0.25) is 9.59 Å². The third kappa shape index (κ3) is 2.25. The van der Waals surface area contributed by atoms with Crippen molar-refractivity contribution in [1.29, 1.82) is 0 Å². The summed E-state index contributed by atoms with van der Waals surface area (Å²) in [6.07, 6.45) is 8.55. The largest absolute Gasteiger partial charge is 0.480 e. The molecule has 5 heteroatoms. The van der Waals surface area contributed by atoms with Crippen molar-refractivity contribution in [3.8, 4) is 0 Å². The molecule has 1 amide bonds. The number of carboxylic acid groups (broad SMARTS) is 1. The quantitative estimate of drug-likeness (QED) is 0.751. The Hall–Kier alpha value is -0.710. The van der Waals surface area contributed by atoms with Gasteiger partial charge in [-0.05, 0) is 31.9 Å². The van der Waals surface area contributed by atoms with Crippen molar-refractivity contribution in [1.82, 2.24) is 5.32 Å². The minimum absolute atomic E-state index is 0.138. The van der Waals surface area contributed by atoms with Crippen molar-refractivity contribution in [3.63, 3.8) is 0 Å². The maximum atomic E-state index is 12.1. The van der Waals surface area contributed by atoms with Crippen LogP contribution in [0.1, 0.15) is 44.9 Å². The second-order valence-electron chi connectivity index (χ2n) is 5.52. The molecular formula is C13H21NO3S. The van der Waals surface area contributed by atoms with Crippen molar-refractivity contribution in [2.45, 2.75) is 49.7 Å². The summed E-state index contributed by atoms with van der Waals surface area (Å²) in [5.74, 6) is -1.24. The Morgan fingerprint density at radius 2 is 1.78 bits per heavy atom. The molecule has 4 nitrogen and oxygen atoms in total. The lowest BCUT2D eigenvalue weighted by Crippen LogP contribution is -2.53. The van der Waals surface area contributed by atoms with Gasteiger partial charge >= 0.3 is 5.97 Å². The van der Waals surface area contributed by atoms with E-state index in [2.05, 4.69) is 11.6 Å². The topological polar surface area (TPSA) is 66.4 Å². The first-order valence-electron chi connectivity index (χ1n) is 6.62. The van der Waals surface area contributed by atoms with E-state index in [4.69, 9.17) is 0 Å². The van der Waals surface area contributed by atoms with Gasteiger partial charge in [-0.25, -0.2) is 0 Å². The molecule has 0 aliphatic heterocycles. The number of hydrogen-bond donors (Lipinski definition) is 2. The SMILES string of the molecule is CSC1(CNC(=O)C2(C(=O)O)CCC2)CCCC1. The van der Waals surface area contributed by atoms with Gasteiger partial charge in [0.15, 0.2) is 0 Å². The molecule has 2 aliphatic rings. The minimum atomic E-state index is -1.13. The van der Waals surface area contributed by atoms with E-state index in [0.29, 0.717) is 19.4 Å². The summed E-state index contributed by atoms with van der Waals surface area (Å²) < 4.78 is 0.138. The molecule has 0 heterocycles. The fraction of sp³-hybridized carbons (Fsp3) is 0.846. The fourth-order valence-electron chi connectivity index (χ4n) is 2.95. The van der Waals surface area contributed by atoms with Gasteiger partial charge in [0.1, 0.15) is 5.41 Å². The van der Waals surface area contributed by atoms with Crippen LogP contribution in [0, 0.1) is 5.41 Å². The van der Waals surface area contributed by atoms with Gasteiger partial charge in [0.2, 0.25) is 5.91 Å². The maximum absolute atomic E-state index is 12.1. The number of aliphatic carboxylic acids is 1. The molecule has 0 unspecified atom stereocenters. The van der Waals surface area contributed by atoms with E-state index in [1.165, 1.54) is 12.8 Å². The van der Waals surface area contributed by atoms with E-state index < -0.39 is 11.4 Å². The van der Waals surface area contributed by atoms with Crippen LogP contribution in [0.3, 0.4) is 0 Å². The van der Waals surface area contributed by atoms with Crippen LogP contribution < -0.4 is 5.32 Å². The number of carbonyl (C=O) groups excluding carboxylic acids is 1. The molecule has 2 N–H and O–H groups in total. The fourth-order valence-corrected chi connectivity index (χ4v) is 3.86. The Bertz CT molecular complexity index is 346. The van der Waals surface area contributed by atoms with Gasteiger partial charge < -0.3 is 10.4 Å². The normalized spacial score (nSPS) is 24.3. The second kappa shape index (κ2) is 5.11. The zero-order valence-corrected chi connectivity index (χ0v) is 11.6. The van der Waals surface area contributed by atoms with Crippen LogP contribution in [-0.2, 0) is 9.59 Å². The van der Waals surface area contributed by atoms with E-state index in [9.17, 15) is 14.7 Å². The zero-order valence-electron chi connectivity index (χ0n) is 10.8. The molecule has 0 radical (unpaired) electrons. The third-order valence-electron chi connectivity index (χ3n) is 4.57. The first-order valence-corrected chi connectivity index (χ1v) is 7.84. The number of carbonyl (C=O) groups is 2. The summed E-state index contributed by atoms with van der Waals surface area (Å²) in [6, 6.07) is 0. The summed E-state index contributed by atoms with van der Waals surface area (Å²) in [7, 11) is 0. The second-order valence-corrected chi connectivity index (χ2v) is 6.79. The lowest BCUT2D eigenvalue weighted by Gasteiger charge is -2.37. The first-order chi connectivity index (χ1) is 8.55. The van der Waals surface area contributed by atoms with Gasteiger partial charge in [0.05, 0.1) is 0 Å². The lowest BCUT2D eigenvalue weighted by atomic mass is 9.68. The molecule has 0 bridgehead atoms. The van der Waals surface area contributed by atoms with Crippen molar-refractivity contribution >= 4 is 23.6 Å². The van der Waals surface area contributed by atoms with Crippen molar-refractivity contribution in [2.75, 3.05) is 12.8 Å². The Morgan fingerprint density at radius 3 is 2.17 bits per heavy atom. The number of nitrogens with one attached hydrogen (secondary N) is 1. The summed E-state index contributed by atoms with van der Waals surface area (Å²) in [5, 5.41) is 12.1. The summed E-state index contributed by atoms with van der Waals surface area (Å²) in [4.78, 5) is 23.3. The van der Waals surface area contributed by atoms with Crippen LogP contribution in [0.2, 0.25) is 0 Å². The molecule has 2 aliphatic carbocycles. The highest BCUT2D eigenvalue weighted by Gasteiger charge is 2.51. The Balaban J connectivity index is 1.93. The number of hydrogen-bond acceptors (Lipinski definition) is 3. The number of thioether (sulfide) groups is 1. The van der Waals surface area contributed by atoms with Gasteiger partial charge in [0.25, 0.3) is 0 Å². The predicted molar refractivity (Wildman–Crippen MR) is 71.6 cm³/mol. The van der Waals surface area contributed by atoms with Crippen molar-refractivity contribution < 1.29 is 14.7 Å². The average molecular weight is 271 g/mol. The molecule has 0 aromatic rings. The number of rotatable bonds is 5. The average Bonchev–Trinajstić information content (AvgIpc) is 2.73. The van der Waals surface area contributed by atoms with Crippen LogP contribution >= 0.6 is 11.8 Å². The standard InChI is InChI=1S/C13H21NO3S/c1-18-12(5-2-3-6-12)9-14-10(15)13(11(16)17)7-4-8-13/h2-9H2,1H3,(H,14,15)(H,16,17). The van der Waals surface area contributed by atoms with Gasteiger partial charge in [0, 0.05) is 11.3 Å². The minimum Gasteiger partial charge on any atom is -0.480 e. The molecule has 2 fully saturated rings. The Labute approximate surface area is 112 Å². The highest BCUT2D eigenvalue weighted by molar-refractivity contribution is 8.00. The van der Waals surface area contributed by atoms with Gasteiger partial charge in [-0.1, -0.05) is 19.3 Å². The Kier molecular flexibility index (Phi) is 3.90. The molecular weight excluding hydrogens is 250 g/mol. The molecule has 0 aromatic carbocycles. The lowest BCUT2D eigenvalue weighted by molar-refractivity contribution is -0.162. The van der Waals surface area contributed by atoms with Gasteiger partial charge in [-0.2, -0.15) is 11.8 Å². The molecule has 102 valence electrons. The van der Waals surface area contributed by atoms with E-state index in [-0.39, 0.29) is 10.7 Å². The van der Waals surface area contributed by atoms with Crippen LogP contribution in [0.5, 0.6) is 0 Å². The smallest absolute Gasteiger partial charge is 0.319 e. The zero-order chi connectivity index (χ0) is 13.2. The summed E-state index contributed by atoms with van der Waals surface area (Å²) >= 11 is 1.80. The predicted octanol–water partition coefficient (Wildman–Crippen LogP) is 2.03. The van der Waals surface area contributed by atoms with E-state index >= 15 is 0 Å². The number of amides is 1. The molecule has 18 heavy (non-hydrogen) atoms. The van der Waals surface area contributed by atoms with E-state index in [1.54, 1.807) is 11.8 Å². The van der Waals surface area contributed by atoms with Crippen LogP contribution in [0.4, 0.5) is 0 Å². The molecule has 2 rings (SSSR count). The van der Waals surface area contributed by atoms with Gasteiger partial charge in [-0.15, -0.1) is 0 Å². The first kappa shape index (κ1) is 13.7. The van der Waals surface area contributed by atoms with Crippen LogP contribution in [0.15, 0.2) is 0 Å². The summed E-state index contributed by atoms with van der Waals surface area (Å²) in [5.41, 5.74) is -1.13. The van der Waals surface area contributed by atoms with Crippen molar-refractivity contribution in [3.05, 3.63) is 0 Å². The highest BCUT2D eigenvalue weighted by Crippen LogP contribution is 2.43. The maximum Gasteiger partial charge on any atom is 0.319 e. The molecule has 0 saturated heterocycles. The van der Waals surface area contributed by atoms with Crippen LogP contribution in [0.25, 0.3) is 0 Å². The van der Waals surface area contributed by atoms with E-state index in [0.717, 1.165) is 19.3 Å². The van der Waals surface area contributed by atoms with E-state index in [1.807, 2.05) is 0 Å². The molecule has 0 aromatic heterocycles. The van der Waals surface area contributed by atoms with Crippen LogP contribution in [-0.4, -0.2) is 34.5 Å². The highest BCUT2D eigenvalue weighted by atomic mass is 32.2. The number of carboxylic acids is 1. The molecule has 0 atom stereocenters. The molecule has 0 spiro atoms. The van der Waals surface area contributed by atoms with Crippen molar-refractivity contribution in [2.24, 2.45) is 5.41 Å². The third-order valence-corrected chi connectivity index (χ3v) is 5.99. The Morgan fingerprint density at radius 1 is 1.17 bits per heavy atom.